The molecule has 0 bridgehead atoms. The van der Waals surface area contributed by atoms with Gasteiger partial charge in [-0.05, 0) is 29.8 Å². The molecule has 0 atom stereocenters. The molecular formula is C19H20F2N4O3. The number of hydrogen-bond donors (Lipinski definition) is 2. The molecule has 2 N–H and O–H groups in total. The van der Waals surface area contributed by atoms with Crippen LogP contribution in [0.5, 0.6) is 0 Å². The van der Waals surface area contributed by atoms with Crippen molar-refractivity contribution in [3.05, 3.63) is 59.9 Å². The molecule has 0 saturated carbocycles. The van der Waals surface area contributed by atoms with Crippen LogP contribution in [0.4, 0.5) is 19.3 Å². The second-order valence-electron chi connectivity index (χ2n) is 6.38. The number of carbonyl (C=O) groups excluding carboxylic acids is 2. The Morgan fingerprint density at radius 1 is 1.21 bits per heavy atom. The van der Waals surface area contributed by atoms with Gasteiger partial charge in [0.25, 0.3) is 11.8 Å². The van der Waals surface area contributed by atoms with Gasteiger partial charge in [0.2, 0.25) is 0 Å². The molecule has 0 aliphatic carbocycles. The lowest BCUT2D eigenvalue weighted by atomic mass is 10.2. The number of rotatable bonds is 4. The third-order valence-corrected chi connectivity index (χ3v) is 4.11. The molecule has 0 radical (unpaired) electrons. The molecule has 1 aliphatic rings. The quantitative estimate of drug-likeness (QED) is 0.840. The van der Waals surface area contributed by atoms with Gasteiger partial charge in [-0.1, -0.05) is 12.1 Å². The van der Waals surface area contributed by atoms with Gasteiger partial charge in [-0.15, -0.1) is 0 Å². The van der Waals surface area contributed by atoms with E-state index in [1.54, 1.807) is 42.6 Å². The van der Waals surface area contributed by atoms with Crippen LogP contribution in [0.1, 0.15) is 15.9 Å². The highest BCUT2D eigenvalue weighted by Gasteiger charge is 2.36. The predicted molar refractivity (Wildman–Crippen MR) is 98.2 cm³/mol. The van der Waals surface area contributed by atoms with Gasteiger partial charge in [0, 0.05) is 31.2 Å². The first kappa shape index (κ1) is 19.7. The van der Waals surface area contributed by atoms with E-state index in [1.807, 2.05) is 0 Å². The highest BCUT2D eigenvalue weighted by molar-refractivity contribution is 6.03. The van der Waals surface area contributed by atoms with Crippen molar-refractivity contribution < 1.29 is 23.1 Å². The Morgan fingerprint density at radius 3 is 2.71 bits per heavy atom. The predicted octanol–water partition coefficient (Wildman–Crippen LogP) is 2.51. The first-order chi connectivity index (χ1) is 13.4. The summed E-state index contributed by atoms with van der Waals surface area (Å²) >= 11 is 0. The molecule has 2 aromatic rings. The van der Waals surface area contributed by atoms with Crippen molar-refractivity contribution in [1.29, 1.82) is 0 Å². The SMILES string of the molecule is O=C(Nc1ccc(CNC(=O)N2CCOCC(F)(F)C2)cc1)c1cccnc1. The summed E-state index contributed by atoms with van der Waals surface area (Å²) in [6, 6.07) is 9.63. The summed E-state index contributed by atoms with van der Waals surface area (Å²) in [6.45, 7) is -0.977. The Hall–Kier alpha value is -3.07. The monoisotopic (exact) mass is 390 g/mol. The summed E-state index contributed by atoms with van der Waals surface area (Å²) in [4.78, 5) is 29.2. The van der Waals surface area contributed by atoms with E-state index in [-0.39, 0.29) is 25.6 Å². The molecule has 3 amide bonds. The third-order valence-electron chi connectivity index (χ3n) is 4.11. The van der Waals surface area contributed by atoms with Gasteiger partial charge >= 0.3 is 6.03 Å². The van der Waals surface area contributed by atoms with Gasteiger partial charge < -0.3 is 20.3 Å². The summed E-state index contributed by atoms with van der Waals surface area (Å²) in [6.07, 6.45) is 3.05. The smallest absolute Gasteiger partial charge is 0.317 e. The minimum Gasteiger partial charge on any atom is -0.373 e. The van der Waals surface area contributed by atoms with E-state index in [9.17, 15) is 18.4 Å². The number of urea groups is 1. The molecule has 28 heavy (non-hydrogen) atoms. The van der Waals surface area contributed by atoms with Gasteiger partial charge in [0.05, 0.1) is 18.7 Å². The molecule has 0 spiro atoms. The van der Waals surface area contributed by atoms with Crippen LogP contribution in [-0.2, 0) is 11.3 Å². The molecule has 148 valence electrons. The summed E-state index contributed by atoms with van der Waals surface area (Å²) < 4.78 is 31.9. The minimum absolute atomic E-state index is 0.0777. The summed E-state index contributed by atoms with van der Waals surface area (Å²) in [7, 11) is 0. The van der Waals surface area contributed by atoms with Crippen LogP contribution in [0.3, 0.4) is 0 Å². The number of pyridine rings is 1. The third kappa shape index (κ3) is 5.46. The standard InChI is InChI=1S/C19H20F2N4O3/c20-19(21)12-25(8-9-28-13-19)18(27)23-10-14-3-5-16(6-4-14)24-17(26)15-2-1-7-22-11-15/h1-7,11H,8-10,12-13H2,(H,23,27)(H,24,26). The molecule has 1 fully saturated rings. The number of nitrogens with zero attached hydrogens (tertiary/aromatic N) is 2. The van der Waals surface area contributed by atoms with Crippen molar-refractivity contribution in [3.63, 3.8) is 0 Å². The van der Waals surface area contributed by atoms with Crippen molar-refractivity contribution >= 4 is 17.6 Å². The van der Waals surface area contributed by atoms with E-state index in [4.69, 9.17) is 4.74 Å². The van der Waals surface area contributed by atoms with Crippen molar-refractivity contribution in [2.75, 3.05) is 31.6 Å². The summed E-state index contributed by atoms with van der Waals surface area (Å²) in [5.74, 6) is -3.33. The number of hydrogen-bond acceptors (Lipinski definition) is 4. The largest absolute Gasteiger partial charge is 0.373 e. The number of anilines is 1. The second kappa shape index (κ2) is 8.75. The average Bonchev–Trinajstić information content (AvgIpc) is 2.88. The lowest BCUT2D eigenvalue weighted by Crippen LogP contribution is -2.45. The minimum atomic E-state index is -3.05. The van der Waals surface area contributed by atoms with Crippen LogP contribution in [-0.4, -0.2) is 54.0 Å². The maximum Gasteiger partial charge on any atom is 0.317 e. The van der Waals surface area contributed by atoms with E-state index in [0.717, 1.165) is 10.5 Å². The molecule has 1 saturated heterocycles. The van der Waals surface area contributed by atoms with Crippen molar-refractivity contribution in [2.45, 2.75) is 12.5 Å². The highest BCUT2D eigenvalue weighted by Crippen LogP contribution is 2.18. The summed E-state index contributed by atoms with van der Waals surface area (Å²) in [5.41, 5.74) is 1.80. The average molecular weight is 390 g/mol. The number of carbonyl (C=O) groups is 2. The molecular weight excluding hydrogens is 370 g/mol. The Bertz CT molecular complexity index is 816. The topological polar surface area (TPSA) is 83.6 Å². The fraction of sp³-hybridized carbons (Fsp3) is 0.316. The molecule has 1 aromatic carbocycles. The molecule has 2 heterocycles. The molecule has 1 aliphatic heterocycles. The van der Waals surface area contributed by atoms with Crippen LogP contribution >= 0.6 is 0 Å². The van der Waals surface area contributed by atoms with E-state index in [1.165, 1.54) is 6.20 Å². The Labute approximate surface area is 160 Å². The van der Waals surface area contributed by atoms with Gasteiger partial charge in [-0.2, -0.15) is 0 Å². The Morgan fingerprint density at radius 2 is 2.00 bits per heavy atom. The fourth-order valence-electron chi connectivity index (χ4n) is 2.67. The van der Waals surface area contributed by atoms with E-state index < -0.39 is 25.1 Å². The number of halogens is 2. The Kier molecular flexibility index (Phi) is 6.15. The van der Waals surface area contributed by atoms with Crippen molar-refractivity contribution in [2.24, 2.45) is 0 Å². The number of alkyl halides is 2. The van der Waals surface area contributed by atoms with Crippen LogP contribution in [0.25, 0.3) is 0 Å². The first-order valence-corrected chi connectivity index (χ1v) is 8.72. The number of aromatic nitrogens is 1. The van der Waals surface area contributed by atoms with Gasteiger partial charge in [-0.3, -0.25) is 9.78 Å². The first-order valence-electron chi connectivity index (χ1n) is 8.72. The van der Waals surface area contributed by atoms with Crippen LogP contribution < -0.4 is 10.6 Å². The number of benzene rings is 1. The zero-order valence-electron chi connectivity index (χ0n) is 15.0. The van der Waals surface area contributed by atoms with E-state index in [2.05, 4.69) is 15.6 Å². The maximum atomic E-state index is 13.5. The highest BCUT2D eigenvalue weighted by atomic mass is 19.3. The van der Waals surface area contributed by atoms with Crippen molar-refractivity contribution in [3.8, 4) is 0 Å². The zero-order chi connectivity index (χ0) is 20.0. The van der Waals surface area contributed by atoms with E-state index >= 15 is 0 Å². The zero-order valence-corrected chi connectivity index (χ0v) is 15.0. The van der Waals surface area contributed by atoms with Gasteiger partial charge in [0.15, 0.2) is 0 Å². The molecule has 1 aromatic heterocycles. The number of ether oxygens (including phenoxy) is 1. The number of amides is 3. The van der Waals surface area contributed by atoms with Crippen LogP contribution in [0.15, 0.2) is 48.8 Å². The molecule has 0 unspecified atom stereocenters. The molecule has 7 nitrogen and oxygen atoms in total. The lowest BCUT2D eigenvalue weighted by Gasteiger charge is -2.23. The second-order valence-corrected chi connectivity index (χ2v) is 6.38. The van der Waals surface area contributed by atoms with Gasteiger partial charge in [0.1, 0.15) is 6.61 Å². The van der Waals surface area contributed by atoms with Gasteiger partial charge in [-0.25, -0.2) is 13.6 Å². The Balaban J connectivity index is 1.51. The number of nitrogens with one attached hydrogen (secondary N) is 2. The fourth-order valence-corrected chi connectivity index (χ4v) is 2.67. The molecule has 3 rings (SSSR count). The maximum absolute atomic E-state index is 13.5. The lowest BCUT2D eigenvalue weighted by molar-refractivity contribution is -0.0652. The van der Waals surface area contributed by atoms with Crippen LogP contribution in [0.2, 0.25) is 0 Å². The van der Waals surface area contributed by atoms with Crippen LogP contribution in [0, 0.1) is 0 Å². The molecule has 9 heteroatoms. The normalized spacial score (nSPS) is 16.1. The summed E-state index contributed by atoms with van der Waals surface area (Å²) in [5, 5.41) is 5.37. The van der Waals surface area contributed by atoms with E-state index in [0.29, 0.717) is 11.3 Å². The van der Waals surface area contributed by atoms with Crippen molar-refractivity contribution in [1.82, 2.24) is 15.2 Å².